The zero-order valence-electron chi connectivity index (χ0n) is 11.5. The van der Waals surface area contributed by atoms with Gasteiger partial charge in [0.2, 0.25) is 0 Å². The molecule has 0 radical (unpaired) electrons. The number of amides is 1. The van der Waals surface area contributed by atoms with Crippen LogP contribution >= 0.6 is 0 Å². The summed E-state index contributed by atoms with van der Waals surface area (Å²) in [6.07, 6.45) is 3.93. The first-order chi connectivity index (χ1) is 9.22. The van der Waals surface area contributed by atoms with Crippen LogP contribution in [0.4, 0.5) is 0 Å². The Morgan fingerprint density at radius 3 is 2.68 bits per heavy atom. The van der Waals surface area contributed by atoms with E-state index in [9.17, 15) is 4.79 Å². The molecule has 0 unspecified atom stereocenters. The van der Waals surface area contributed by atoms with Gasteiger partial charge in [0.1, 0.15) is 5.69 Å². The predicted molar refractivity (Wildman–Crippen MR) is 73.5 cm³/mol. The highest BCUT2D eigenvalue weighted by atomic mass is 16.2. The van der Waals surface area contributed by atoms with Gasteiger partial charge < -0.3 is 14.8 Å². The number of hydrogen-bond acceptors (Lipinski definition) is 2. The van der Waals surface area contributed by atoms with E-state index in [1.165, 1.54) is 30.5 Å². The van der Waals surface area contributed by atoms with Gasteiger partial charge in [-0.1, -0.05) is 0 Å². The van der Waals surface area contributed by atoms with Gasteiger partial charge in [-0.3, -0.25) is 4.79 Å². The van der Waals surface area contributed by atoms with E-state index >= 15 is 0 Å². The Balaban J connectivity index is 1.55. The fraction of sp³-hybridized carbons (Fsp3) is 0.667. The van der Waals surface area contributed by atoms with Crippen molar-refractivity contribution in [2.75, 3.05) is 33.2 Å². The van der Waals surface area contributed by atoms with Gasteiger partial charge in [-0.25, -0.2) is 0 Å². The van der Waals surface area contributed by atoms with Crippen LogP contribution in [0, 0.1) is 0 Å². The minimum Gasteiger partial charge on any atom is -0.354 e. The van der Waals surface area contributed by atoms with Crippen LogP contribution in [0.1, 0.15) is 52.8 Å². The number of aromatic amines is 1. The highest BCUT2D eigenvalue weighted by Crippen LogP contribution is 2.52. The molecule has 1 aliphatic heterocycles. The van der Waals surface area contributed by atoms with Crippen LogP contribution in [-0.4, -0.2) is 53.9 Å². The summed E-state index contributed by atoms with van der Waals surface area (Å²) >= 11 is 0. The highest BCUT2D eigenvalue weighted by molar-refractivity contribution is 5.93. The smallest absolute Gasteiger partial charge is 0.270 e. The average molecular weight is 259 g/mol. The predicted octanol–water partition coefficient (Wildman–Crippen LogP) is 1.77. The second kappa shape index (κ2) is 4.10. The van der Waals surface area contributed by atoms with Crippen molar-refractivity contribution in [2.24, 2.45) is 0 Å². The summed E-state index contributed by atoms with van der Waals surface area (Å²) in [5, 5.41) is 0. The molecule has 0 spiro atoms. The molecule has 4 nitrogen and oxygen atoms in total. The summed E-state index contributed by atoms with van der Waals surface area (Å²) in [6, 6.07) is 2.14. The van der Waals surface area contributed by atoms with Crippen molar-refractivity contribution >= 4 is 5.91 Å². The van der Waals surface area contributed by atoms with Crippen molar-refractivity contribution in [1.29, 1.82) is 0 Å². The number of rotatable bonds is 1. The lowest BCUT2D eigenvalue weighted by molar-refractivity contribution is 0.0658. The Morgan fingerprint density at radius 1 is 1.21 bits per heavy atom. The Bertz CT molecular complexity index is 486. The van der Waals surface area contributed by atoms with Gasteiger partial charge in [0.05, 0.1) is 0 Å². The fourth-order valence-corrected chi connectivity index (χ4v) is 3.98. The Kier molecular flexibility index (Phi) is 2.49. The van der Waals surface area contributed by atoms with Gasteiger partial charge in [0.15, 0.2) is 0 Å². The quantitative estimate of drug-likeness (QED) is 0.835. The minimum atomic E-state index is 0.196. The van der Waals surface area contributed by atoms with E-state index in [4.69, 9.17) is 0 Å². The lowest BCUT2D eigenvalue weighted by atomic mass is 9.98. The van der Waals surface area contributed by atoms with Crippen molar-refractivity contribution in [2.45, 2.75) is 31.1 Å². The molecule has 2 heterocycles. The van der Waals surface area contributed by atoms with Crippen LogP contribution in [0.3, 0.4) is 0 Å². The first-order valence-corrected chi connectivity index (χ1v) is 7.43. The van der Waals surface area contributed by atoms with Gasteiger partial charge in [0, 0.05) is 31.9 Å². The minimum absolute atomic E-state index is 0.196. The van der Waals surface area contributed by atoms with Gasteiger partial charge in [-0.2, -0.15) is 0 Å². The van der Waals surface area contributed by atoms with E-state index in [0.717, 1.165) is 37.8 Å². The zero-order chi connectivity index (χ0) is 13.0. The van der Waals surface area contributed by atoms with Crippen molar-refractivity contribution in [3.63, 3.8) is 0 Å². The van der Waals surface area contributed by atoms with E-state index in [1.807, 2.05) is 4.90 Å². The Hall–Kier alpha value is -1.29. The highest BCUT2D eigenvalue weighted by Gasteiger charge is 2.39. The third-order valence-corrected chi connectivity index (χ3v) is 5.18. The molecular formula is C15H21N3O. The largest absolute Gasteiger partial charge is 0.354 e. The number of H-pyrrole nitrogens is 1. The van der Waals surface area contributed by atoms with E-state index in [1.54, 1.807) is 0 Å². The van der Waals surface area contributed by atoms with E-state index in [0.29, 0.717) is 5.92 Å². The summed E-state index contributed by atoms with van der Waals surface area (Å²) in [5.41, 5.74) is 3.63. The average Bonchev–Trinajstić information content (AvgIpc) is 3.11. The Morgan fingerprint density at radius 2 is 1.95 bits per heavy atom. The number of carbonyl (C=O) groups is 1. The van der Waals surface area contributed by atoms with Crippen LogP contribution in [0.25, 0.3) is 0 Å². The summed E-state index contributed by atoms with van der Waals surface area (Å²) in [4.78, 5) is 20.2. The van der Waals surface area contributed by atoms with Crippen LogP contribution in [0.2, 0.25) is 0 Å². The van der Waals surface area contributed by atoms with Crippen molar-refractivity contribution in [1.82, 2.24) is 14.8 Å². The van der Waals surface area contributed by atoms with Crippen LogP contribution in [0.5, 0.6) is 0 Å². The molecule has 2 bridgehead atoms. The molecule has 1 saturated heterocycles. The molecule has 0 aromatic carbocycles. The summed E-state index contributed by atoms with van der Waals surface area (Å²) < 4.78 is 0. The fourth-order valence-electron chi connectivity index (χ4n) is 3.98. The number of carbonyl (C=O) groups excluding carboxylic acids is 1. The normalized spacial score (nSPS) is 29.8. The maximum Gasteiger partial charge on any atom is 0.270 e. The molecule has 1 N–H and O–H groups in total. The number of nitrogens with zero attached hydrogens (tertiary/aromatic N) is 2. The number of aromatic nitrogens is 1. The summed E-state index contributed by atoms with van der Waals surface area (Å²) in [5.74, 6) is 1.63. The van der Waals surface area contributed by atoms with Crippen LogP contribution in [0.15, 0.2) is 6.07 Å². The number of likely N-dealkylation sites (N-methyl/N-ethyl adjacent to an activating group) is 1. The van der Waals surface area contributed by atoms with Crippen molar-refractivity contribution in [3.05, 3.63) is 23.0 Å². The monoisotopic (exact) mass is 259 g/mol. The maximum absolute atomic E-state index is 12.5. The molecule has 4 rings (SSSR count). The molecule has 1 saturated carbocycles. The van der Waals surface area contributed by atoms with Gasteiger partial charge in [-0.15, -0.1) is 0 Å². The summed E-state index contributed by atoms with van der Waals surface area (Å²) in [6.45, 7) is 3.67. The lowest BCUT2D eigenvalue weighted by Crippen LogP contribution is -2.47. The lowest BCUT2D eigenvalue weighted by Gasteiger charge is -2.32. The summed E-state index contributed by atoms with van der Waals surface area (Å²) in [7, 11) is 2.11. The van der Waals surface area contributed by atoms with Crippen LogP contribution in [-0.2, 0) is 0 Å². The molecular weight excluding hydrogens is 238 g/mol. The first-order valence-electron chi connectivity index (χ1n) is 7.43. The Labute approximate surface area is 113 Å². The molecule has 102 valence electrons. The molecule has 2 atom stereocenters. The third kappa shape index (κ3) is 1.73. The van der Waals surface area contributed by atoms with E-state index in [2.05, 4.69) is 23.0 Å². The third-order valence-electron chi connectivity index (χ3n) is 5.18. The molecule has 19 heavy (non-hydrogen) atoms. The van der Waals surface area contributed by atoms with Crippen molar-refractivity contribution in [3.8, 4) is 0 Å². The standard InChI is InChI=1S/C15H21N3O/c1-17-4-6-18(7-5-17)15(19)13-9-12-10-2-3-11(8-10)14(12)16-13/h9-11,16H,2-8H2,1H3/t10-,11+/m1/s1. The number of hydrogen-bond donors (Lipinski definition) is 1. The maximum atomic E-state index is 12.5. The second-order valence-corrected chi connectivity index (χ2v) is 6.35. The van der Waals surface area contributed by atoms with Gasteiger partial charge in [-0.05, 0) is 49.8 Å². The van der Waals surface area contributed by atoms with E-state index < -0.39 is 0 Å². The molecule has 3 aliphatic rings. The molecule has 1 aromatic heterocycles. The topological polar surface area (TPSA) is 39.3 Å². The molecule has 1 aromatic rings. The van der Waals surface area contributed by atoms with Gasteiger partial charge >= 0.3 is 0 Å². The number of piperazine rings is 1. The zero-order valence-corrected chi connectivity index (χ0v) is 11.5. The molecule has 2 fully saturated rings. The number of nitrogens with one attached hydrogen (secondary N) is 1. The molecule has 2 aliphatic carbocycles. The number of fused-ring (bicyclic) bond motifs is 5. The SMILES string of the molecule is CN1CCN(C(=O)c2cc3c([nH]2)[C@H]2CC[C@@H]3C2)CC1. The first kappa shape index (κ1) is 11.5. The molecule has 4 heteroatoms. The van der Waals surface area contributed by atoms with Crippen LogP contribution < -0.4 is 0 Å². The van der Waals surface area contributed by atoms with E-state index in [-0.39, 0.29) is 5.91 Å². The van der Waals surface area contributed by atoms with Gasteiger partial charge in [0.25, 0.3) is 5.91 Å². The van der Waals surface area contributed by atoms with Crippen molar-refractivity contribution < 1.29 is 4.79 Å². The molecule has 1 amide bonds. The second-order valence-electron chi connectivity index (χ2n) is 6.35.